The highest BCUT2D eigenvalue weighted by molar-refractivity contribution is 6.30. The lowest BCUT2D eigenvalue weighted by atomic mass is 9.55. The highest BCUT2D eigenvalue weighted by Crippen LogP contribution is 2.61. The summed E-state index contributed by atoms with van der Waals surface area (Å²) in [5.74, 6) is 3.45. The average molecular weight is 410 g/mol. The van der Waals surface area contributed by atoms with E-state index in [0.29, 0.717) is 11.5 Å². The highest BCUT2D eigenvalue weighted by atomic mass is 35.5. The van der Waals surface area contributed by atoms with Gasteiger partial charge in [0, 0.05) is 17.6 Å². The van der Waals surface area contributed by atoms with Crippen molar-refractivity contribution >= 4 is 11.6 Å². The van der Waals surface area contributed by atoms with Gasteiger partial charge in [0.2, 0.25) is 0 Å². The first kappa shape index (κ1) is 19.5. The van der Waals surface area contributed by atoms with E-state index < -0.39 is 0 Å². The van der Waals surface area contributed by atoms with E-state index in [4.69, 9.17) is 16.3 Å². The van der Waals surface area contributed by atoms with Gasteiger partial charge in [-0.2, -0.15) is 0 Å². The maximum absolute atomic E-state index is 6.04. The molecule has 2 aromatic carbocycles. The Hall–Kier alpha value is -1.51. The molecule has 3 aliphatic carbocycles. The Balaban J connectivity index is 1.32. The fourth-order valence-electron chi connectivity index (χ4n) is 6.86. The van der Waals surface area contributed by atoms with Crippen LogP contribution in [0.2, 0.25) is 5.02 Å². The fraction of sp³-hybridized carbons (Fsp3) is 0.538. The average Bonchev–Trinajstić information content (AvgIpc) is 3.09. The van der Waals surface area contributed by atoms with Crippen LogP contribution in [0.3, 0.4) is 0 Å². The predicted octanol–water partition coefficient (Wildman–Crippen LogP) is 6.36. The van der Waals surface area contributed by atoms with Crippen molar-refractivity contribution in [2.75, 3.05) is 7.11 Å². The van der Waals surface area contributed by atoms with Crippen LogP contribution in [0.4, 0.5) is 0 Å². The van der Waals surface area contributed by atoms with Crippen molar-refractivity contribution in [2.24, 2.45) is 17.3 Å². The molecule has 0 bridgehead atoms. The van der Waals surface area contributed by atoms with Crippen molar-refractivity contribution in [2.45, 2.75) is 64.0 Å². The van der Waals surface area contributed by atoms with E-state index in [2.05, 4.69) is 42.6 Å². The molecule has 3 heteroatoms. The van der Waals surface area contributed by atoms with Crippen molar-refractivity contribution in [3.05, 3.63) is 64.2 Å². The molecule has 2 aromatic rings. The third kappa shape index (κ3) is 3.39. The third-order valence-electron chi connectivity index (χ3n) is 8.40. The van der Waals surface area contributed by atoms with Gasteiger partial charge >= 0.3 is 0 Å². The maximum Gasteiger partial charge on any atom is 0.119 e. The zero-order chi connectivity index (χ0) is 20.0. The molecule has 0 heterocycles. The molecule has 1 N–H and O–H groups in total. The Labute approximate surface area is 180 Å². The van der Waals surface area contributed by atoms with E-state index in [1.165, 1.54) is 49.7 Å². The Bertz CT molecular complexity index is 879. The zero-order valence-corrected chi connectivity index (χ0v) is 18.3. The summed E-state index contributed by atoms with van der Waals surface area (Å²) in [6.07, 6.45) is 7.91. The first-order valence-corrected chi connectivity index (χ1v) is 11.6. The first-order chi connectivity index (χ1) is 14.1. The van der Waals surface area contributed by atoms with Gasteiger partial charge in [0.1, 0.15) is 5.75 Å². The number of rotatable bonds is 4. The van der Waals surface area contributed by atoms with E-state index in [0.717, 1.165) is 35.1 Å². The van der Waals surface area contributed by atoms with Crippen LogP contribution in [0.1, 0.15) is 61.6 Å². The number of fused-ring (bicyclic) bond motifs is 5. The van der Waals surface area contributed by atoms with Crippen LogP contribution in [0.25, 0.3) is 0 Å². The number of hydrogen-bond donors (Lipinski definition) is 1. The van der Waals surface area contributed by atoms with Crippen LogP contribution in [-0.4, -0.2) is 13.2 Å². The van der Waals surface area contributed by atoms with Gasteiger partial charge in [-0.05, 0) is 103 Å². The van der Waals surface area contributed by atoms with Crippen LogP contribution < -0.4 is 10.1 Å². The molecule has 0 spiro atoms. The lowest BCUT2D eigenvalue weighted by molar-refractivity contribution is 0.0408. The van der Waals surface area contributed by atoms with Gasteiger partial charge in [0.25, 0.3) is 0 Å². The van der Waals surface area contributed by atoms with Crippen molar-refractivity contribution in [1.82, 2.24) is 5.32 Å². The molecule has 0 radical (unpaired) electrons. The predicted molar refractivity (Wildman–Crippen MR) is 120 cm³/mol. The van der Waals surface area contributed by atoms with Gasteiger partial charge in [0.05, 0.1) is 7.11 Å². The minimum Gasteiger partial charge on any atom is -0.497 e. The quantitative estimate of drug-likeness (QED) is 0.634. The summed E-state index contributed by atoms with van der Waals surface area (Å²) in [5.41, 5.74) is 4.90. The maximum atomic E-state index is 6.04. The fourth-order valence-corrected chi connectivity index (χ4v) is 6.99. The Kier molecular flexibility index (Phi) is 5.12. The molecule has 0 aliphatic heterocycles. The van der Waals surface area contributed by atoms with E-state index in [-0.39, 0.29) is 0 Å². The highest BCUT2D eigenvalue weighted by Gasteiger charge is 2.54. The van der Waals surface area contributed by atoms with Crippen molar-refractivity contribution < 1.29 is 4.74 Å². The van der Waals surface area contributed by atoms with E-state index in [1.807, 2.05) is 12.1 Å². The Morgan fingerprint density at radius 2 is 1.90 bits per heavy atom. The summed E-state index contributed by atoms with van der Waals surface area (Å²) in [7, 11) is 1.77. The topological polar surface area (TPSA) is 21.3 Å². The molecule has 3 aliphatic rings. The van der Waals surface area contributed by atoms with Gasteiger partial charge in [-0.3, -0.25) is 0 Å². The monoisotopic (exact) mass is 409 g/mol. The van der Waals surface area contributed by atoms with Gasteiger partial charge in [-0.1, -0.05) is 36.7 Å². The van der Waals surface area contributed by atoms with E-state index in [9.17, 15) is 0 Å². The van der Waals surface area contributed by atoms with Crippen molar-refractivity contribution in [1.29, 1.82) is 0 Å². The second kappa shape index (κ2) is 7.63. The molecule has 0 unspecified atom stereocenters. The lowest BCUT2D eigenvalue weighted by Crippen LogP contribution is -2.48. The molecule has 0 aromatic heterocycles. The minimum absolute atomic E-state index is 0.428. The smallest absolute Gasteiger partial charge is 0.119 e. The van der Waals surface area contributed by atoms with Crippen LogP contribution in [0.15, 0.2) is 42.5 Å². The number of aryl methyl sites for hydroxylation is 1. The number of halogens is 1. The number of benzene rings is 2. The Morgan fingerprint density at radius 1 is 1.07 bits per heavy atom. The van der Waals surface area contributed by atoms with Gasteiger partial charge in [-0.25, -0.2) is 0 Å². The molecule has 2 fully saturated rings. The van der Waals surface area contributed by atoms with Crippen LogP contribution in [-0.2, 0) is 13.0 Å². The third-order valence-corrected chi connectivity index (χ3v) is 8.65. The molecule has 154 valence electrons. The standard InChI is InChI=1S/C26H32ClNO/c1-26-14-13-22-21-10-8-20(29-2)15-18(21)5-9-23(22)24(26)11-12-25(26)28-16-17-3-6-19(27)7-4-17/h3-4,6-8,10,15,22-25,28H,5,9,11-14,16H2,1-2H3/t22-,23-,24+,25+,26+/m1/s1. The molecule has 5 atom stereocenters. The minimum atomic E-state index is 0.428. The summed E-state index contributed by atoms with van der Waals surface area (Å²) in [4.78, 5) is 0. The molecule has 0 amide bonds. The summed E-state index contributed by atoms with van der Waals surface area (Å²) in [6.45, 7) is 3.52. The Morgan fingerprint density at radius 3 is 2.69 bits per heavy atom. The van der Waals surface area contributed by atoms with Crippen molar-refractivity contribution in [3.63, 3.8) is 0 Å². The molecular formula is C26H32ClNO. The second-order valence-electron chi connectivity index (χ2n) is 9.66. The number of hydrogen-bond acceptors (Lipinski definition) is 2. The summed E-state index contributed by atoms with van der Waals surface area (Å²) in [5, 5.41) is 4.74. The number of ether oxygens (including phenoxy) is 1. The molecular weight excluding hydrogens is 378 g/mol. The van der Waals surface area contributed by atoms with E-state index in [1.54, 1.807) is 12.7 Å². The molecule has 29 heavy (non-hydrogen) atoms. The normalized spacial score (nSPS) is 32.9. The van der Waals surface area contributed by atoms with Gasteiger partial charge in [0.15, 0.2) is 0 Å². The van der Waals surface area contributed by atoms with Crippen LogP contribution in [0.5, 0.6) is 5.75 Å². The molecule has 0 saturated heterocycles. The first-order valence-electron chi connectivity index (χ1n) is 11.2. The molecule has 2 nitrogen and oxygen atoms in total. The summed E-state index contributed by atoms with van der Waals surface area (Å²) in [6, 6.07) is 15.7. The van der Waals surface area contributed by atoms with Gasteiger partial charge < -0.3 is 10.1 Å². The summed E-state index contributed by atoms with van der Waals surface area (Å²) >= 11 is 6.04. The summed E-state index contributed by atoms with van der Waals surface area (Å²) < 4.78 is 5.47. The largest absolute Gasteiger partial charge is 0.497 e. The zero-order valence-electron chi connectivity index (χ0n) is 17.6. The van der Waals surface area contributed by atoms with Crippen LogP contribution >= 0.6 is 11.6 Å². The second-order valence-corrected chi connectivity index (χ2v) is 10.1. The van der Waals surface area contributed by atoms with E-state index >= 15 is 0 Å². The van der Waals surface area contributed by atoms with Crippen LogP contribution in [0, 0.1) is 17.3 Å². The number of methoxy groups -OCH3 is 1. The molecule has 5 rings (SSSR count). The molecule has 2 saturated carbocycles. The lowest BCUT2D eigenvalue weighted by Gasteiger charge is -2.51. The van der Waals surface area contributed by atoms with Gasteiger partial charge in [-0.15, -0.1) is 0 Å². The SMILES string of the molecule is COc1ccc2c(c1)CC[C@@H]1[C@@H]2CC[C@]2(C)[C@@H](NCc3ccc(Cl)cc3)CC[C@@H]12. The van der Waals surface area contributed by atoms with Crippen molar-refractivity contribution in [3.8, 4) is 5.75 Å². The number of nitrogens with one attached hydrogen (secondary N) is 1.